The van der Waals surface area contributed by atoms with E-state index in [4.69, 9.17) is 5.73 Å². The summed E-state index contributed by atoms with van der Waals surface area (Å²) in [5.41, 5.74) is 5.80. The van der Waals surface area contributed by atoms with E-state index >= 15 is 0 Å². The molecule has 0 heterocycles. The van der Waals surface area contributed by atoms with E-state index in [0.29, 0.717) is 5.92 Å². The van der Waals surface area contributed by atoms with Crippen molar-refractivity contribution in [2.24, 2.45) is 11.7 Å². The van der Waals surface area contributed by atoms with Crippen molar-refractivity contribution < 1.29 is 0 Å². The third kappa shape index (κ3) is 4.76. The molecule has 0 fully saturated rings. The van der Waals surface area contributed by atoms with Crippen molar-refractivity contribution in [2.45, 2.75) is 13.0 Å². The predicted molar refractivity (Wildman–Crippen MR) is 50.4 cm³/mol. The van der Waals surface area contributed by atoms with Crippen LogP contribution in [0, 0.1) is 5.92 Å². The van der Waals surface area contributed by atoms with Gasteiger partial charge in [-0.05, 0) is 5.92 Å². The topological polar surface area (TPSA) is 38.0 Å². The first-order valence-electron chi connectivity index (χ1n) is 3.92. The van der Waals surface area contributed by atoms with Gasteiger partial charge >= 0.3 is 0 Å². The van der Waals surface area contributed by atoms with Crippen molar-refractivity contribution in [3.05, 3.63) is 25.3 Å². The Morgan fingerprint density at radius 3 is 2.64 bits per heavy atom. The van der Waals surface area contributed by atoms with Crippen LogP contribution >= 0.6 is 0 Å². The lowest BCUT2D eigenvalue weighted by molar-refractivity contribution is 0.505. The molecule has 0 saturated heterocycles. The van der Waals surface area contributed by atoms with E-state index < -0.39 is 0 Å². The lowest BCUT2D eigenvalue weighted by atomic mass is 10.0. The SMILES string of the molecule is C=CCNCC(N)[C@@H](C)C=C. The molecule has 0 saturated carbocycles. The van der Waals surface area contributed by atoms with Crippen molar-refractivity contribution in [1.82, 2.24) is 5.32 Å². The third-order valence-corrected chi connectivity index (χ3v) is 1.72. The van der Waals surface area contributed by atoms with E-state index in [9.17, 15) is 0 Å². The molecule has 0 aromatic heterocycles. The Morgan fingerprint density at radius 2 is 2.18 bits per heavy atom. The molecule has 0 radical (unpaired) electrons. The quantitative estimate of drug-likeness (QED) is 0.441. The molecule has 2 heteroatoms. The third-order valence-electron chi connectivity index (χ3n) is 1.72. The fraction of sp³-hybridized carbons (Fsp3) is 0.556. The van der Waals surface area contributed by atoms with Crippen LogP contribution in [0.25, 0.3) is 0 Å². The summed E-state index contributed by atoms with van der Waals surface area (Å²) in [5, 5.41) is 3.16. The Labute approximate surface area is 69.2 Å². The number of nitrogens with one attached hydrogen (secondary N) is 1. The Hall–Kier alpha value is -0.600. The van der Waals surface area contributed by atoms with E-state index in [1.807, 2.05) is 12.2 Å². The molecule has 0 bridgehead atoms. The minimum atomic E-state index is 0.160. The van der Waals surface area contributed by atoms with Gasteiger partial charge in [0.25, 0.3) is 0 Å². The number of hydrogen-bond donors (Lipinski definition) is 2. The molecule has 3 N–H and O–H groups in total. The van der Waals surface area contributed by atoms with E-state index in [1.165, 1.54) is 0 Å². The molecule has 0 aliphatic rings. The molecule has 0 aliphatic heterocycles. The van der Waals surface area contributed by atoms with Crippen molar-refractivity contribution in [3.63, 3.8) is 0 Å². The molecule has 2 nitrogen and oxygen atoms in total. The molecule has 0 aromatic carbocycles. The zero-order chi connectivity index (χ0) is 8.69. The van der Waals surface area contributed by atoms with Crippen LogP contribution in [0.15, 0.2) is 25.3 Å². The standard InChI is InChI=1S/C9H18N2/c1-4-6-11-7-9(10)8(3)5-2/h4-5,8-9,11H,1-2,6-7,10H2,3H3/t8-,9?/m0/s1. The Balaban J connectivity index is 3.42. The van der Waals surface area contributed by atoms with Gasteiger partial charge in [-0.3, -0.25) is 0 Å². The fourth-order valence-electron chi connectivity index (χ4n) is 0.713. The first-order chi connectivity index (χ1) is 5.22. The molecule has 1 unspecified atom stereocenters. The van der Waals surface area contributed by atoms with Crippen molar-refractivity contribution in [2.75, 3.05) is 13.1 Å². The predicted octanol–water partition coefficient (Wildman–Crippen LogP) is 0.911. The smallest absolute Gasteiger partial charge is 0.0226 e. The minimum Gasteiger partial charge on any atom is -0.326 e. The Morgan fingerprint density at radius 1 is 1.55 bits per heavy atom. The van der Waals surface area contributed by atoms with Crippen LogP contribution in [0.5, 0.6) is 0 Å². The molecule has 11 heavy (non-hydrogen) atoms. The van der Waals surface area contributed by atoms with Crippen molar-refractivity contribution in [1.29, 1.82) is 0 Å². The largest absolute Gasteiger partial charge is 0.326 e. The maximum atomic E-state index is 5.80. The second-order valence-electron chi connectivity index (χ2n) is 2.71. The van der Waals surface area contributed by atoms with Gasteiger partial charge in [-0.25, -0.2) is 0 Å². The number of rotatable bonds is 6. The van der Waals surface area contributed by atoms with Crippen LogP contribution in [-0.2, 0) is 0 Å². The zero-order valence-corrected chi connectivity index (χ0v) is 7.22. The lowest BCUT2D eigenvalue weighted by Gasteiger charge is -2.15. The normalized spacial score (nSPS) is 15.5. The van der Waals surface area contributed by atoms with Crippen LogP contribution < -0.4 is 11.1 Å². The summed E-state index contributed by atoms with van der Waals surface area (Å²) in [4.78, 5) is 0. The summed E-state index contributed by atoms with van der Waals surface area (Å²) >= 11 is 0. The monoisotopic (exact) mass is 154 g/mol. The second kappa shape index (κ2) is 6.13. The summed E-state index contributed by atoms with van der Waals surface area (Å²) in [6.07, 6.45) is 3.70. The zero-order valence-electron chi connectivity index (χ0n) is 7.22. The first kappa shape index (κ1) is 10.4. The van der Waals surface area contributed by atoms with E-state index in [1.54, 1.807) is 0 Å². The van der Waals surface area contributed by atoms with Gasteiger partial charge in [0, 0.05) is 19.1 Å². The van der Waals surface area contributed by atoms with Gasteiger partial charge in [-0.1, -0.05) is 19.1 Å². The second-order valence-corrected chi connectivity index (χ2v) is 2.71. The molecule has 0 aliphatic carbocycles. The molecule has 0 aromatic rings. The van der Waals surface area contributed by atoms with Crippen LogP contribution in [0.3, 0.4) is 0 Å². The van der Waals surface area contributed by atoms with E-state index in [-0.39, 0.29) is 6.04 Å². The van der Waals surface area contributed by atoms with Crippen LogP contribution in [-0.4, -0.2) is 19.1 Å². The number of hydrogen-bond acceptors (Lipinski definition) is 2. The van der Waals surface area contributed by atoms with Gasteiger partial charge in [0.2, 0.25) is 0 Å². The molecule has 2 atom stereocenters. The molecular formula is C9H18N2. The molecule has 64 valence electrons. The van der Waals surface area contributed by atoms with Crippen LogP contribution in [0.2, 0.25) is 0 Å². The van der Waals surface area contributed by atoms with Crippen molar-refractivity contribution in [3.8, 4) is 0 Å². The molecule has 0 spiro atoms. The fourth-order valence-corrected chi connectivity index (χ4v) is 0.713. The molecular weight excluding hydrogens is 136 g/mol. The highest BCUT2D eigenvalue weighted by Gasteiger charge is 2.06. The average Bonchev–Trinajstić information content (AvgIpc) is 2.03. The Kier molecular flexibility index (Phi) is 5.80. The van der Waals surface area contributed by atoms with Crippen LogP contribution in [0.1, 0.15) is 6.92 Å². The Bertz CT molecular complexity index is 121. The highest BCUT2D eigenvalue weighted by atomic mass is 14.9. The van der Waals surface area contributed by atoms with Crippen LogP contribution in [0.4, 0.5) is 0 Å². The molecule has 0 rings (SSSR count). The number of nitrogens with two attached hydrogens (primary N) is 1. The van der Waals surface area contributed by atoms with Gasteiger partial charge in [-0.15, -0.1) is 13.2 Å². The van der Waals surface area contributed by atoms with Crippen molar-refractivity contribution >= 4 is 0 Å². The maximum Gasteiger partial charge on any atom is 0.0226 e. The van der Waals surface area contributed by atoms with Gasteiger partial charge < -0.3 is 11.1 Å². The summed E-state index contributed by atoms with van der Waals surface area (Å²) in [6.45, 7) is 11.0. The summed E-state index contributed by atoms with van der Waals surface area (Å²) in [5.74, 6) is 0.368. The van der Waals surface area contributed by atoms with Gasteiger partial charge in [0.15, 0.2) is 0 Å². The van der Waals surface area contributed by atoms with E-state index in [2.05, 4.69) is 25.4 Å². The molecule has 0 amide bonds. The first-order valence-corrected chi connectivity index (χ1v) is 3.92. The minimum absolute atomic E-state index is 0.160. The summed E-state index contributed by atoms with van der Waals surface area (Å²) in [6, 6.07) is 0.160. The highest BCUT2D eigenvalue weighted by Crippen LogP contribution is 1.99. The highest BCUT2D eigenvalue weighted by molar-refractivity contribution is 4.85. The summed E-state index contributed by atoms with van der Waals surface area (Å²) in [7, 11) is 0. The average molecular weight is 154 g/mol. The van der Waals surface area contributed by atoms with E-state index in [0.717, 1.165) is 13.1 Å². The van der Waals surface area contributed by atoms with Gasteiger partial charge in [0.1, 0.15) is 0 Å². The maximum absolute atomic E-state index is 5.80. The van der Waals surface area contributed by atoms with Gasteiger partial charge in [0.05, 0.1) is 0 Å². The summed E-state index contributed by atoms with van der Waals surface area (Å²) < 4.78 is 0. The lowest BCUT2D eigenvalue weighted by Crippen LogP contribution is -2.38. The van der Waals surface area contributed by atoms with Gasteiger partial charge in [-0.2, -0.15) is 0 Å².